The van der Waals surface area contributed by atoms with Crippen LogP contribution in [-0.2, 0) is 16.1 Å². The van der Waals surface area contributed by atoms with Crippen LogP contribution in [0.3, 0.4) is 0 Å². The highest BCUT2D eigenvalue weighted by atomic mass is 35.5. The van der Waals surface area contributed by atoms with E-state index in [9.17, 15) is 14.7 Å². The maximum absolute atomic E-state index is 12.2. The molecule has 0 unspecified atom stereocenters. The van der Waals surface area contributed by atoms with Gasteiger partial charge < -0.3 is 15.3 Å². The maximum Gasteiger partial charge on any atom is 0.308 e. The lowest BCUT2D eigenvalue weighted by molar-refractivity contribution is -0.144. The Hall–Kier alpha value is -2.57. The number of halogens is 1. The summed E-state index contributed by atoms with van der Waals surface area (Å²) >= 11 is 6.07. The number of carboxylic acids is 1. The van der Waals surface area contributed by atoms with Gasteiger partial charge in [-0.3, -0.25) is 14.5 Å². The third kappa shape index (κ3) is 6.48. The number of aliphatic carboxylic acids is 1. The second-order valence-electron chi connectivity index (χ2n) is 7.27. The van der Waals surface area contributed by atoms with Gasteiger partial charge in [-0.1, -0.05) is 48.0 Å². The van der Waals surface area contributed by atoms with Crippen LogP contribution in [0.5, 0.6) is 0 Å². The van der Waals surface area contributed by atoms with E-state index in [0.717, 1.165) is 37.4 Å². The third-order valence-electron chi connectivity index (χ3n) is 5.14. The molecule has 0 aromatic heterocycles. The average Bonchev–Trinajstić information content (AvgIpc) is 2.73. The zero-order chi connectivity index (χ0) is 20.6. The Bertz CT molecular complexity index is 823. The summed E-state index contributed by atoms with van der Waals surface area (Å²) in [5.74, 6) is -1.89. The first-order chi connectivity index (χ1) is 14.0. The monoisotopic (exact) mass is 415 g/mol. The van der Waals surface area contributed by atoms with Crippen LogP contribution in [0.1, 0.15) is 12.0 Å². The van der Waals surface area contributed by atoms with Crippen molar-refractivity contribution in [3.05, 3.63) is 65.2 Å². The molecule has 2 N–H and O–H groups in total. The summed E-state index contributed by atoms with van der Waals surface area (Å²) < 4.78 is 0. The minimum absolute atomic E-state index is 0.0172. The maximum atomic E-state index is 12.2. The SMILES string of the molecule is O=C(C[C@@H](CN1CCN(c2cccc(Cl)c2)CC1)C(=O)O)NCc1ccccc1. The highest BCUT2D eigenvalue weighted by Gasteiger charge is 2.26. The highest BCUT2D eigenvalue weighted by Crippen LogP contribution is 2.21. The number of amides is 1. The minimum atomic E-state index is -0.933. The van der Waals surface area contributed by atoms with E-state index < -0.39 is 11.9 Å². The summed E-state index contributed by atoms with van der Waals surface area (Å²) in [6.07, 6.45) is -0.0172. The molecule has 2 aromatic rings. The molecular formula is C22H26ClN3O3. The smallest absolute Gasteiger partial charge is 0.308 e. The normalized spacial score (nSPS) is 15.7. The molecule has 0 saturated carbocycles. The van der Waals surface area contributed by atoms with Gasteiger partial charge in [0.15, 0.2) is 0 Å². The number of carboxylic acid groups (broad SMARTS) is 1. The molecule has 3 rings (SSSR count). The number of carbonyl (C=O) groups is 2. The molecule has 1 amide bonds. The molecule has 1 fully saturated rings. The largest absolute Gasteiger partial charge is 0.481 e. The number of piperazine rings is 1. The number of nitrogens with zero attached hydrogens (tertiary/aromatic N) is 2. The van der Waals surface area contributed by atoms with Gasteiger partial charge in [-0.05, 0) is 23.8 Å². The lowest BCUT2D eigenvalue weighted by atomic mass is 10.0. The molecule has 0 radical (unpaired) electrons. The second-order valence-corrected chi connectivity index (χ2v) is 7.71. The van der Waals surface area contributed by atoms with Crippen molar-refractivity contribution in [2.24, 2.45) is 5.92 Å². The molecule has 2 aromatic carbocycles. The highest BCUT2D eigenvalue weighted by molar-refractivity contribution is 6.30. The molecule has 1 heterocycles. The molecule has 1 aliphatic heterocycles. The molecule has 1 aliphatic rings. The molecule has 1 saturated heterocycles. The van der Waals surface area contributed by atoms with Crippen LogP contribution < -0.4 is 10.2 Å². The number of carbonyl (C=O) groups excluding carboxylic acids is 1. The Labute approximate surface area is 176 Å². The Morgan fingerprint density at radius 2 is 1.76 bits per heavy atom. The van der Waals surface area contributed by atoms with Crippen LogP contribution in [0.25, 0.3) is 0 Å². The van der Waals surface area contributed by atoms with Crippen molar-refractivity contribution < 1.29 is 14.7 Å². The number of hydrogen-bond acceptors (Lipinski definition) is 4. The van der Waals surface area contributed by atoms with Crippen LogP contribution >= 0.6 is 11.6 Å². The summed E-state index contributed by atoms with van der Waals surface area (Å²) in [5.41, 5.74) is 2.07. The Morgan fingerprint density at radius 1 is 1.03 bits per heavy atom. The lowest BCUT2D eigenvalue weighted by Crippen LogP contribution is -2.49. The van der Waals surface area contributed by atoms with E-state index in [1.54, 1.807) is 0 Å². The molecule has 1 atom stereocenters. The number of nitrogens with one attached hydrogen (secondary N) is 1. The average molecular weight is 416 g/mol. The Morgan fingerprint density at radius 3 is 2.41 bits per heavy atom. The third-order valence-corrected chi connectivity index (χ3v) is 5.37. The first kappa shape index (κ1) is 21.1. The number of hydrogen-bond donors (Lipinski definition) is 2. The van der Waals surface area contributed by atoms with Crippen LogP contribution in [0.4, 0.5) is 5.69 Å². The van der Waals surface area contributed by atoms with Gasteiger partial charge in [-0.25, -0.2) is 0 Å². The number of anilines is 1. The van der Waals surface area contributed by atoms with Gasteiger partial charge in [0, 0.05) is 56.4 Å². The standard InChI is InChI=1S/C22H26ClN3O3/c23-19-7-4-8-20(14-19)26-11-9-25(10-12-26)16-18(22(28)29)13-21(27)24-15-17-5-2-1-3-6-17/h1-8,14,18H,9-13,15-16H2,(H,24,27)(H,28,29)/t18-/m0/s1. The van der Waals surface area contributed by atoms with Gasteiger partial charge in [0.1, 0.15) is 0 Å². The first-order valence-electron chi connectivity index (χ1n) is 9.77. The molecule has 0 spiro atoms. The van der Waals surface area contributed by atoms with Crippen LogP contribution in [0.2, 0.25) is 5.02 Å². The molecule has 0 bridgehead atoms. The Balaban J connectivity index is 1.47. The second kappa shape index (κ2) is 10.3. The van der Waals surface area contributed by atoms with Crippen molar-refractivity contribution in [1.29, 1.82) is 0 Å². The van der Waals surface area contributed by atoms with Crippen LogP contribution in [0.15, 0.2) is 54.6 Å². The van der Waals surface area contributed by atoms with Crippen molar-refractivity contribution in [2.75, 3.05) is 37.6 Å². The van der Waals surface area contributed by atoms with E-state index in [4.69, 9.17) is 11.6 Å². The molecule has 29 heavy (non-hydrogen) atoms. The van der Waals surface area contributed by atoms with E-state index in [2.05, 4.69) is 15.1 Å². The predicted octanol–water partition coefficient (Wildman–Crippen LogP) is 2.87. The van der Waals surface area contributed by atoms with Crippen molar-refractivity contribution >= 4 is 29.2 Å². The molecule has 7 heteroatoms. The van der Waals surface area contributed by atoms with E-state index in [1.165, 1.54) is 0 Å². The fourth-order valence-electron chi connectivity index (χ4n) is 3.50. The van der Waals surface area contributed by atoms with Gasteiger partial charge in [0.25, 0.3) is 0 Å². The fraction of sp³-hybridized carbons (Fsp3) is 0.364. The lowest BCUT2D eigenvalue weighted by Gasteiger charge is -2.37. The Kier molecular flexibility index (Phi) is 7.49. The van der Waals surface area contributed by atoms with Crippen molar-refractivity contribution in [3.63, 3.8) is 0 Å². The van der Waals surface area contributed by atoms with Crippen molar-refractivity contribution in [3.8, 4) is 0 Å². The van der Waals surface area contributed by atoms with E-state index in [1.807, 2.05) is 54.6 Å². The van der Waals surface area contributed by atoms with E-state index in [0.29, 0.717) is 18.1 Å². The summed E-state index contributed by atoms with van der Waals surface area (Å²) in [7, 11) is 0. The molecular weight excluding hydrogens is 390 g/mol. The molecule has 0 aliphatic carbocycles. The summed E-state index contributed by atoms with van der Waals surface area (Å²) in [5, 5.41) is 13.1. The summed E-state index contributed by atoms with van der Waals surface area (Å²) in [6, 6.07) is 17.3. The molecule has 6 nitrogen and oxygen atoms in total. The zero-order valence-corrected chi connectivity index (χ0v) is 17.0. The summed E-state index contributed by atoms with van der Waals surface area (Å²) in [4.78, 5) is 28.3. The minimum Gasteiger partial charge on any atom is -0.481 e. The van der Waals surface area contributed by atoms with Crippen molar-refractivity contribution in [2.45, 2.75) is 13.0 Å². The molecule has 154 valence electrons. The predicted molar refractivity (Wildman–Crippen MR) is 114 cm³/mol. The van der Waals surface area contributed by atoms with E-state index >= 15 is 0 Å². The first-order valence-corrected chi connectivity index (χ1v) is 10.2. The number of rotatable bonds is 8. The topological polar surface area (TPSA) is 72.9 Å². The van der Waals surface area contributed by atoms with Gasteiger partial charge >= 0.3 is 5.97 Å². The van der Waals surface area contributed by atoms with E-state index in [-0.39, 0.29) is 12.3 Å². The van der Waals surface area contributed by atoms with Gasteiger partial charge in [-0.2, -0.15) is 0 Å². The van der Waals surface area contributed by atoms with Gasteiger partial charge in [-0.15, -0.1) is 0 Å². The fourth-order valence-corrected chi connectivity index (χ4v) is 3.68. The zero-order valence-electron chi connectivity index (χ0n) is 16.3. The van der Waals surface area contributed by atoms with Gasteiger partial charge in [0.2, 0.25) is 5.91 Å². The number of benzene rings is 2. The van der Waals surface area contributed by atoms with Crippen LogP contribution in [0, 0.1) is 5.92 Å². The van der Waals surface area contributed by atoms with Gasteiger partial charge in [0.05, 0.1) is 5.92 Å². The van der Waals surface area contributed by atoms with Crippen molar-refractivity contribution in [1.82, 2.24) is 10.2 Å². The summed E-state index contributed by atoms with van der Waals surface area (Å²) in [6.45, 7) is 3.88. The quantitative estimate of drug-likeness (QED) is 0.693. The van der Waals surface area contributed by atoms with Crippen LogP contribution in [-0.4, -0.2) is 54.6 Å².